The highest BCUT2D eigenvalue weighted by molar-refractivity contribution is 6.30. The smallest absolute Gasteiger partial charge is 0.220 e. The van der Waals surface area contributed by atoms with E-state index in [-0.39, 0.29) is 11.9 Å². The van der Waals surface area contributed by atoms with E-state index in [0.717, 1.165) is 31.5 Å². The van der Waals surface area contributed by atoms with Crippen molar-refractivity contribution in [3.8, 4) is 0 Å². The summed E-state index contributed by atoms with van der Waals surface area (Å²) >= 11 is 6.03. The van der Waals surface area contributed by atoms with Crippen LogP contribution in [0.4, 0.5) is 0 Å². The third-order valence-corrected chi connectivity index (χ3v) is 4.41. The van der Waals surface area contributed by atoms with Crippen LogP contribution in [0.2, 0.25) is 5.02 Å². The minimum Gasteiger partial charge on any atom is -0.349 e. The standard InChI is InChI=1S/C17H25ClN2O/c1-2-16(14-6-3-7-15(18)11-14)20-17(21)9-8-13-5-4-10-19-12-13/h3,6-7,11,13,16,19H,2,4-5,8-10,12H2,1H3,(H,20,21). The fourth-order valence-electron chi connectivity index (χ4n) is 2.92. The Morgan fingerprint density at radius 1 is 1.52 bits per heavy atom. The van der Waals surface area contributed by atoms with E-state index < -0.39 is 0 Å². The molecule has 21 heavy (non-hydrogen) atoms. The number of hydrogen-bond donors (Lipinski definition) is 2. The van der Waals surface area contributed by atoms with E-state index in [1.54, 1.807) is 0 Å². The molecule has 1 saturated heterocycles. The van der Waals surface area contributed by atoms with E-state index >= 15 is 0 Å². The summed E-state index contributed by atoms with van der Waals surface area (Å²) in [6.45, 7) is 4.26. The minimum absolute atomic E-state index is 0.0562. The molecule has 1 heterocycles. The van der Waals surface area contributed by atoms with Crippen LogP contribution in [0.15, 0.2) is 24.3 Å². The molecule has 0 bridgehead atoms. The zero-order valence-electron chi connectivity index (χ0n) is 12.7. The summed E-state index contributed by atoms with van der Waals surface area (Å²) in [4.78, 5) is 12.1. The van der Waals surface area contributed by atoms with Gasteiger partial charge < -0.3 is 10.6 Å². The first kappa shape index (κ1) is 16.3. The third kappa shape index (κ3) is 5.33. The lowest BCUT2D eigenvalue weighted by Gasteiger charge is -2.23. The predicted molar refractivity (Wildman–Crippen MR) is 87.5 cm³/mol. The quantitative estimate of drug-likeness (QED) is 0.841. The molecule has 0 spiro atoms. The van der Waals surface area contributed by atoms with Gasteiger partial charge in [-0.05, 0) is 62.4 Å². The Hall–Kier alpha value is -1.06. The minimum atomic E-state index is 0.0562. The van der Waals surface area contributed by atoms with E-state index in [0.29, 0.717) is 17.4 Å². The van der Waals surface area contributed by atoms with Crippen molar-refractivity contribution in [3.63, 3.8) is 0 Å². The monoisotopic (exact) mass is 308 g/mol. The molecule has 3 nitrogen and oxygen atoms in total. The van der Waals surface area contributed by atoms with Gasteiger partial charge in [-0.25, -0.2) is 0 Å². The summed E-state index contributed by atoms with van der Waals surface area (Å²) in [5.74, 6) is 0.795. The maximum Gasteiger partial charge on any atom is 0.220 e. The molecule has 1 amide bonds. The Bertz CT molecular complexity index is 458. The molecular weight excluding hydrogens is 284 g/mol. The van der Waals surface area contributed by atoms with E-state index in [4.69, 9.17) is 11.6 Å². The average Bonchev–Trinajstić information content (AvgIpc) is 2.51. The maximum absolute atomic E-state index is 12.1. The topological polar surface area (TPSA) is 41.1 Å². The van der Waals surface area contributed by atoms with Gasteiger partial charge in [-0.1, -0.05) is 30.7 Å². The van der Waals surface area contributed by atoms with Crippen LogP contribution in [0.25, 0.3) is 0 Å². The summed E-state index contributed by atoms with van der Waals surface area (Å²) in [6, 6.07) is 7.79. The van der Waals surface area contributed by atoms with Gasteiger partial charge in [0.25, 0.3) is 0 Å². The van der Waals surface area contributed by atoms with Crippen LogP contribution in [0.5, 0.6) is 0 Å². The van der Waals surface area contributed by atoms with Crippen molar-refractivity contribution in [1.82, 2.24) is 10.6 Å². The second-order valence-corrected chi connectivity index (χ2v) is 6.27. The Labute approximate surface area is 132 Å². The summed E-state index contributed by atoms with van der Waals surface area (Å²) in [6.07, 6.45) is 4.93. The summed E-state index contributed by atoms with van der Waals surface area (Å²) in [5.41, 5.74) is 1.08. The SMILES string of the molecule is CCC(NC(=O)CCC1CCCNC1)c1cccc(Cl)c1. The molecule has 116 valence electrons. The van der Waals surface area contributed by atoms with Crippen LogP contribution >= 0.6 is 11.6 Å². The molecule has 4 heteroatoms. The Kier molecular flexibility index (Phi) is 6.52. The van der Waals surface area contributed by atoms with Gasteiger partial charge in [0.15, 0.2) is 0 Å². The molecular formula is C17H25ClN2O. The van der Waals surface area contributed by atoms with Gasteiger partial charge in [0, 0.05) is 11.4 Å². The number of halogens is 1. The van der Waals surface area contributed by atoms with Crippen molar-refractivity contribution in [1.29, 1.82) is 0 Å². The molecule has 0 aromatic heterocycles. The molecule has 1 aromatic rings. The van der Waals surface area contributed by atoms with Crippen LogP contribution in [0.1, 0.15) is 50.6 Å². The summed E-state index contributed by atoms with van der Waals surface area (Å²) in [7, 11) is 0. The summed E-state index contributed by atoms with van der Waals surface area (Å²) < 4.78 is 0. The van der Waals surface area contributed by atoms with Crippen molar-refractivity contribution in [2.24, 2.45) is 5.92 Å². The average molecular weight is 309 g/mol. The van der Waals surface area contributed by atoms with Gasteiger partial charge in [0.2, 0.25) is 5.91 Å². The van der Waals surface area contributed by atoms with Gasteiger partial charge in [0.05, 0.1) is 6.04 Å². The van der Waals surface area contributed by atoms with Gasteiger partial charge >= 0.3 is 0 Å². The first-order valence-corrected chi connectivity index (χ1v) is 8.32. The first-order chi connectivity index (χ1) is 10.2. The van der Waals surface area contributed by atoms with Crippen molar-refractivity contribution < 1.29 is 4.79 Å². The molecule has 2 atom stereocenters. The van der Waals surface area contributed by atoms with Gasteiger partial charge in [-0.15, -0.1) is 0 Å². The number of carbonyl (C=O) groups excluding carboxylic acids is 1. The lowest BCUT2D eigenvalue weighted by Crippen LogP contribution is -2.32. The molecule has 2 unspecified atom stereocenters. The fourth-order valence-corrected chi connectivity index (χ4v) is 3.12. The number of rotatable bonds is 6. The Morgan fingerprint density at radius 3 is 3.05 bits per heavy atom. The molecule has 1 aliphatic heterocycles. The van der Waals surface area contributed by atoms with Gasteiger partial charge in [-0.2, -0.15) is 0 Å². The number of benzene rings is 1. The molecule has 0 aliphatic carbocycles. The number of amides is 1. The molecule has 1 aliphatic rings. The van der Waals surface area contributed by atoms with Crippen LogP contribution in [-0.4, -0.2) is 19.0 Å². The molecule has 2 N–H and O–H groups in total. The largest absolute Gasteiger partial charge is 0.349 e. The van der Waals surface area contributed by atoms with Crippen LogP contribution in [-0.2, 0) is 4.79 Å². The molecule has 0 saturated carbocycles. The zero-order valence-corrected chi connectivity index (χ0v) is 13.5. The maximum atomic E-state index is 12.1. The third-order valence-electron chi connectivity index (χ3n) is 4.17. The zero-order chi connectivity index (χ0) is 15.1. The lowest BCUT2D eigenvalue weighted by molar-refractivity contribution is -0.122. The highest BCUT2D eigenvalue weighted by Crippen LogP contribution is 2.21. The molecule has 1 aromatic carbocycles. The summed E-state index contributed by atoms with van der Waals surface area (Å²) in [5, 5.41) is 7.24. The van der Waals surface area contributed by atoms with Crippen molar-refractivity contribution in [2.45, 2.75) is 45.1 Å². The second kappa shape index (κ2) is 8.40. The van der Waals surface area contributed by atoms with Crippen molar-refractivity contribution >= 4 is 17.5 Å². The molecule has 1 fully saturated rings. The van der Waals surface area contributed by atoms with Crippen LogP contribution in [0.3, 0.4) is 0 Å². The fraction of sp³-hybridized carbons (Fsp3) is 0.588. The normalized spacial score (nSPS) is 20.0. The van der Waals surface area contributed by atoms with Gasteiger partial charge in [0.1, 0.15) is 0 Å². The Morgan fingerprint density at radius 2 is 2.38 bits per heavy atom. The number of carbonyl (C=O) groups is 1. The lowest BCUT2D eigenvalue weighted by atomic mass is 9.94. The van der Waals surface area contributed by atoms with E-state index in [2.05, 4.69) is 17.6 Å². The molecule has 2 rings (SSSR count). The number of piperidine rings is 1. The van der Waals surface area contributed by atoms with E-state index in [1.807, 2.05) is 24.3 Å². The van der Waals surface area contributed by atoms with Gasteiger partial charge in [-0.3, -0.25) is 4.79 Å². The second-order valence-electron chi connectivity index (χ2n) is 5.83. The number of nitrogens with one attached hydrogen (secondary N) is 2. The van der Waals surface area contributed by atoms with Crippen LogP contribution in [0, 0.1) is 5.92 Å². The predicted octanol–water partition coefficient (Wildman–Crippen LogP) is 3.69. The highest BCUT2D eigenvalue weighted by atomic mass is 35.5. The van der Waals surface area contributed by atoms with Crippen molar-refractivity contribution in [3.05, 3.63) is 34.9 Å². The van der Waals surface area contributed by atoms with E-state index in [9.17, 15) is 4.79 Å². The number of hydrogen-bond acceptors (Lipinski definition) is 2. The molecule has 0 radical (unpaired) electrons. The van der Waals surface area contributed by atoms with Crippen molar-refractivity contribution in [2.75, 3.05) is 13.1 Å². The first-order valence-electron chi connectivity index (χ1n) is 7.94. The highest BCUT2D eigenvalue weighted by Gasteiger charge is 2.17. The van der Waals surface area contributed by atoms with Crippen LogP contribution < -0.4 is 10.6 Å². The Balaban J connectivity index is 1.82. The van der Waals surface area contributed by atoms with E-state index in [1.165, 1.54) is 12.8 Å².